The zero-order chi connectivity index (χ0) is 13.9. The maximum Gasteiger partial charge on any atom is 0.573 e. The highest BCUT2D eigenvalue weighted by Crippen LogP contribution is 2.28. The van der Waals surface area contributed by atoms with Crippen LogP contribution in [-0.4, -0.2) is 28.6 Å². The van der Waals surface area contributed by atoms with Crippen LogP contribution in [0, 0.1) is 5.82 Å². The minimum absolute atomic E-state index is 0.102. The Hall–Kier alpha value is -1.05. The van der Waals surface area contributed by atoms with Gasteiger partial charge in [0.2, 0.25) is 0 Å². The van der Waals surface area contributed by atoms with Crippen LogP contribution in [0.5, 0.6) is 5.75 Å². The van der Waals surface area contributed by atoms with Crippen molar-refractivity contribution < 1.29 is 32.5 Å². The van der Waals surface area contributed by atoms with Gasteiger partial charge in [0.1, 0.15) is 6.10 Å². The first-order valence-electron chi connectivity index (χ1n) is 4.72. The molecule has 2 unspecified atom stereocenters. The van der Waals surface area contributed by atoms with Crippen LogP contribution in [-0.2, 0) is 0 Å². The molecule has 0 heterocycles. The molecule has 1 aromatic rings. The Balaban J connectivity index is 2.92. The summed E-state index contributed by atoms with van der Waals surface area (Å²) in [6.45, 7) is 0. The molecule has 1 rings (SSSR count). The second-order valence-corrected chi connectivity index (χ2v) is 3.71. The monoisotopic (exact) mass is 288 g/mol. The van der Waals surface area contributed by atoms with Crippen molar-refractivity contribution in [2.45, 2.75) is 18.6 Å². The zero-order valence-corrected chi connectivity index (χ0v) is 9.54. The number of ether oxygens (including phenoxy) is 1. The minimum atomic E-state index is -5.00. The number of benzene rings is 1. The van der Waals surface area contributed by atoms with E-state index in [4.69, 9.17) is 11.6 Å². The average molecular weight is 289 g/mol. The van der Waals surface area contributed by atoms with Crippen molar-refractivity contribution in [2.24, 2.45) is 0 Å². The lowest BCUT2D eigenvalue weighted by atomic mass is 10.1. The van der Waals surface area contributed by atoms with E-state index in [1.54, 1.807) is 0 Å². The first-order chi connectivity index (χ1) is 8.24. The summed E-state index contributed by atoms with van der Waals surface area (Å²) in [5.74, 6) is -2.62. The molecule has 1 aromatic carbocycles. The summed E-state index contributed by atoms with van der Waals surface area (Å²) < 4.78 is 52.3. The van der Waals surface area contributed by atoms with Crippen molar-refractivity contribution >= 4 is 11.6 Å². The lowest BCUT2D eigenvalue weighted by Crippen LogP contribution is -2.20. The number of aliphatic hydroxyl groups excluding tert-OH is 2. The molecule has 2 atom stereocenters. The fourth-order valence-electron chi connectivity index (χ4n) is 1.22. The van der Waals surface area contributed by atoms with E-state index in [0.717, 1.165) is 6.07 Å². The molecule has 2 N–H and O–H groups in total. The second kappa shape index (κ2) is 5.73. The number of halogens is 5. The van der Waals surface area contributed by atoms with Gasteiger partial charge in [-0.2, -0.15) is 0 Å². The molecule has 0 aliphatic rings. The predicted molar refractivity (Wildman–Crippen MR) is 54.8 cm³/mol. The minimum Gasteiger partial charge on any atom is -0.403 e. The van der Waals surface area contributed by atoms with E-state index in [1.807, 2.05) is 0 Å². The van der Waals surface area contributed by atoms with E-state index in [9.17, 15) is 27.8 Å². The van der Waals surface area contributed by atoms with Crippen LogP contribution in [0.15, 0.2) is 18.2 Å². The molecule has 0 bridgehead atoms. The van der Waals surface area contributed by atoms with Crippen molar-refractivity contribution in [2.75, 3.05) is 5.88 Å². The molecule has 0 amide bonds. The summed E-state index contributed by atoms with van der Waals surface area (Å²) in [5.41, 5.74) is -0.102. The molecule has 8 heteroatoms. The largest absolute Gasteiger partial charge is 0.573 e. The van der Waals surface area contributed by atoms with Gasteiger partial charge in [0, 0.05) is 0 Å². The molecule has 18 heavy (non-hydrogen) atoms. The SMILES string of the molecule is OC(CCl)C(O)c1ccc(OC(F)(F)F)c(F)c1. The summed E-state index contributed by atoms with van der Waals surface area (Å²) in [4.78, 5) is 0. The van der Waals surface area contributed by atoms with Gasteiger partial charge >= 0.3 is 6.36 Å². The second-order valence-electron chi connectivity index (χ2n) is 3.40. The van der Waals surface area contributed by atoms with E-state index >= 15 is 0 Å². The average Bonchev–Trinajstić information content (AvgIpc) is 2.28. The maximum atomic E-state index is 13.3. The van der Waals surface area contributed by atoms with Crippen LogP contribution >= 0.6 is 11.6 Å². The van der Waals surface area contributed by atoms with Gasteiger partial charge in [-0.05, 0) is 17.7 Å². The summed E-state index contributed by atoms with van der Waals surface area (Å²) in [6, 6.07) is 2.36. The van der Waals surface area contributed by atoms with Crippen molar-refractivity contribution in [1.29, 1.82) is 0 Å². The molecule has 0 aliphatic heterocycles. The molecular weight excluding hydrogens is 280 g/mol. The zero-order valence-electron chi connectivity index (χ0n) is 8.79. The molecule has 0 spiro atoms. The quantitative estimate of drug-likeness (QED) is 0.660. The fraction of sp³-hybridized carbons (Fsp3) is 0.400. The van der Waals surface area contributed by atoms with E-state index in [1.165, 1.54) is 0 Å². The summed E-state index contributed by atoms with van der Waals surface area (Å²) in [5, 5.41) is 18.7. The molecule has 0 fully saturated rings. The van der Waals surface area contributed by atoms with Gasteiger partial charge in [-0.3, -0.25) is 0 Å². The third-order valence-corrected chi connectivity index (χ3v) is 2.36. The molecule has 0 saturated heterocycles. The van der Waals surface area contributed by atoms with Crippen LogP contribution in [0.2, 0.25) is 0 Å². The van der Waals surface area contributed by atoms with Crippen LogP contribution in [0.25, 0.3) is 0 Å². The Morgan fingerprint density at radius 1 is 1.28 bits per heavy atom. The Bertz CT molecular complexity index is 411. The molecule has 3 nitrogen and oxygen atoms in total. The number of aliphatic hydroxyl groups is 2. The lowest BCUT2D eigenvalue weighted by Gasteiger charge is -2.17. The highest BCUT2D eigenvalue weighted by Gasteiger charge is 2.32. The van der Waals surface area contributed by atoms with E-state index in [2.05, 4.69) is 4.74 Å². The van der Waals surface area contributed by atoms with Gasteiger partial charge < -0.3 is 14.9 Å². The van der Waals surface area contributed by atoms with Gasteiger partial charge in [-0.25, -0.2) is 4.39 Å². The van der Waals surface area contributed by atoms with Crippen molar-refractivity contribution in [3.63, 3.8) is 0 Å². The normalized spacial score (nSPS) is 15.3. The van der Waals surface area contributed by atoms with Gasteiger partial charge in [-0.1, -0.05) is 6.07 Å². The van der Waals surface area contributed by atoms with Crippen LogP contribution in [0.4, 0.5) is 17.6 Å². The van der Waals surface area contributed by atoms with Crippen molar-refractivity contribution in [3.8, 4) is 5.75 Å². The molecular formula is C10H9ClF4O3. The Morgan fingerprint density at radius 2 is 1.89 bits per heavy atom. The summed E-state index contributed by atoms with van der Waals surface area (Å²) in [7, 11) is 0. The number of hydrogen-bond donors (Lipinski definition) is 2. The third-order valence-electron chi connectivity index (χ3n) is 2.05. The van der Waals surface area contributed by atoms with Gasteiger partial charge in [0.05, 0.1) is 12.0 Å². The number of alkyl halides is 4. The van der Waals surface area contributed by atoms with E-state index < -0.39 is 30.1 Å². The Labute approximate surface area is 105 Å². The highest BCUT2D eigenvalue weighted by molar-refractivity contribution is 6.18. The predicted octanol–water partition coefficient (Wildman–Crippen LogP) is 2.36. The van der Waals surface area contributed by atoms with Crippen LogP contribution < -0.4 is 4.74 Å². The van der Waals surface area contributed by atoms with E-state index in [-0.39, 0.29) is 11.4 Å². The standard InChI is InChI=1S/C10H9ClF4O3/c11-4-7(16)9(17)5-1-2-8(6(12)3-5)18-10(13,14)15/h1-3,7,9,16-17H,4H2. The molecule has 0 radical (unpaired) electrons. The maximum absolute atomic E-state index is 13.3. The van der Waals surface area contributed by atoms with Crippen LogP contribution in [0.3, 0.4) is 0 Å². The fourth-order valence-corrected chi connectivity index (χ4v) is 1.38. The highest BCUT2D eigenvalue weighted by atomic mass is 35.5. The van der Waals surface area contributed by atoms with Gasteiger partial charge in [0.25, 0.3) is 0 Å². The molecule has 0 aromatic heterocycles. The number of rotatable bonds is 4. The van der Waals surface area contributed by atoms with E-state index in [0.29, 0.717) is 12.1 Å². The molecule has 102 valence electrons. The number of hydrogen-bond acceptors (Lipinski definition) is 3. The van der Waals surface area contributed by atoms with Gasteiger partial charge in [0.15, 0.2) is 11.6 Å². The Kier molecular flexibility index (Phi) is 4.78. The summed E-state index contributed by atoms with van der Waals surface area (Å²) in [6.07, 6.45) is -7.84. The molecule has 0 saturated carbocycles. The third kappa shape index (κ3) is 4.01. The van der Waals surface area contributed by atoms with Gasteiger partial charge in [-0.15, -0.1) is 24.8 Å². The molecule has 0 aliphatic carbocycles. The van der Waals surface area contributed by atoms with Crippen LogP contribution in [0.1, 0.15) is 11.7 Å². The van der Waals surface area contributed by atoms with Crippen molar-refractivity contribution in [3.05, 3.63) is 29.6 Å². The smallest absolute Gasteiger partial charge is 0.403 e. The van der Waals surface area contributed by atoms with Crippen molar-refractivity contribution in [1.82, 2.24) is 0 Å². The topological polar surface area (TPSA) is 49.7 Å². The Morgan fingerprint density at radius 3 is 2.33 bits per heavy atom. The first kappa shape index (κ1) is 15.0. The first-order valence-corrected chi connectivity index (χ1v) is 5.25. The lowest BCUT2D eigenvalue weighted by molar-refractivity contribution is -0.275. The summed E-state index contributed by atoms with van der Waals surface area (Å²) >= 11 is 5.28.